The maximum absolute atomic E-state index is 13.5. The third kappa shape index (κ3) is 4.99. The van der Waals surface area contributed by atoms with Crippen LogP contribution >= 0.6 is 11.6 Å². The molecule has 1 fully saturated rings. The summed E-state index contributed by atoms with van der Waals surface area (Å²) in [4.78, 5) is 15.2. The molecule has 1 aliphatic carbocycles. The van der Waals surface area contributed by atoms with Gasteiger partial charge in [-0.1, -0.05) is 41.9 Å². The van der Waals surface area contributed by atoms with Crippen LogP contribution in [0.2, 0.25) is 5.02 Å². The number of nitrogens with zero attached hydrogens (tertiary/aromatic N) is 2. The Balaban J connectivity index is 1.64. The molecule has 0 aliphatic heterocycles. The van der Waals surface area contributed by atoms with E-state index >= 15 is 0 Å². The minimum atomic E-state index is -3.91. The van der Waals surface area contributed by atoms with E-state index < -0.39 is 10.0 Å². The zero-order valence-electron chi connectivity index (χ0n) is 18.4. The second kappa shape index (κ2) is 9.45. The summed E-state index contributed by atoms with van der Waals surface area (Å²) in [6.07, 6.45) is 1.85. The number of amides is 1. The predicted octanol–water partition coefficient (Wildman–Crippen LogP) is 4.98. The van der Waals surface area contributed by atoms with Crippen LogP contribution in [0.25, 0.3) is 0 Å². The van der Waals surface area contributed by atoms with Gasteiger partial charge < -0.3 is 9.64 Å². The van der Waals surface area contributed by atoms with Crippen LogP contribution in [0.4, 0.5) is 5.69 Å². The topological polar surface area (TPSA) is 66.9 Å². The molecular weight excluding hydrogens is 460 g/mol. The fraction of sp³-hybridized carbons (Fsp3) is 0.240. The molecule has 3 aromatic rings. The summed E-state index contributed by atoms with van der Waals surface area (Å²) in [7, 11) is -0.893. The number of halogens is 1. The number of methoxy groups -OCH3 is 1. The first kappa shape index (κ1) is 23.1. The maximum atomic E-state index is 13.5. The van der Waals surface area contributed by atoms with Crippen molar-refractivity contribution in [2.24, 2.45) is 0 Å². The molecule has 0 N–H and O–H groups in total. The summed E-state index contributed by atoms with van der Waals surface area (Å²) in [6, 6.07) is 20.8. The lowest BCUT2D eigenvalue weighted by Crippen LogP contribution is -2.33. The van der Waals surface area contributed by atoms with E-state index in [2.05, 4.69) is 0 Å². The maximum Gasteiger partial charge on any atom is 0.264 e. The van der Waals surface area contributed by atoms with Crippen molar-refractivity contribution in [3.63, 3.8) is 0 Å². The summed E-state index contributed by atoms with van der Waals surface area (Å²) >= 11 is 6.37. The van der Waals surface area contributed by atoms with E-state index in [-0.39, 0.29) is 27.4 Å². The number of carbonyl (C=O) groups excluding carboxylic acids is 1. The SMILES string of the molecule is COc1ccc(N(C)S(=O)(=O)c2ccc(Cl)c(C(=O)N(Cc3ccccc3)C3CC3)c2)cc1. The number of anilines is 1. The molecule has 0 radical (unpaired) electrons. The first-order valence-electron chi connectivity index (χ1n) is 10.6. The van der Waals surface area contributed by atoms with E-state index in [1.54, 1.807) is 36.3 Å². The first-order chi connectivity index (χ1) is 15.8. The van der Waals surface area contributed by atoms with Crippen molar-refractivity contribution in [3.05, 3.63) is 88.9 Å². The van der Waals surface area contributed by atoms with Crippen molar-refractivity contribution >= 4 is 33.2 Å². The van der Waals surface area contributed by atoms with Crippen LogP contribution < -0.4 is 9.04 Å². The summed E-state index contributed by atoms with van der Waals surface area (Å²) in [6.45, 7) is 0.448. The molecule has 1 amide bonds. The molecule has 3 aromatic carbocycles. The van der Waals surface area contributed by atoms with Gasteiger partial charge in [0.2, 0.25) is 0 Å². The van der Waals surface area contributed by atoms with Crippen LogP contribution in [0, 0.1) is 0 Å². The van der Waals surface area contributed by atoms with Gasteiger partial charge in [-0.15, -0.1) is 0 Å². The van der Waals surface area contributed by atoms with Gasteiger partial charge in [0, 0.05) is 19.6 Å². The second-order valence-corrected chi connectivity index (χ2v) is 10.3. The molecule has 0 heterocycles. The van der Waals surface area contributed by atoms with Crippen LogP contribution in [0.3, 0.4) is 0 Å². The van der Waals surface area contributed by atoms with Gasteiger partial charge in [0.15, 0.2) is 0 Å². The highest BCUT2D eigenvalue weighted by Gasteiger charge is 2.34. The van der Waals surface area contributed by atoms with Crippen molar-refractivity contribution in [1.82, 2.24) is 4.90 Å². The summed E-state index contributed by atoms with van der Waals surface area (Å²) in [5.41, 5.74) is 1.67. The molecule has 6 nitrogen and oxygen atoms in total. The number of hydrogen-bond acceptors (Lipinski definition) is 4. The lowest BCUT2D eigenvalue weighted by molar-refractivity contribution is 0.0730. The Morgan fingerprint density at radius 1 is 1.03 bits per heavy atom. The van der Waals surface area contributed by atoms with E-state index in [4.69, 9.17) is 16.3 Å². The lowest BCUT2D eigenvalue weighted by Gasteiger charge is -2.24. The number of carbonyl (C=O) groups is 1. The Labute approximate surface area is 199 Å². The summed E-state index contributed by atoms with van der Waals surface area (Å²) in [5, 5.41) is 0.227. The van der Waals surface area contributed by atoms with Gasteiger partial charge in [0.1, 0.15) is 5.75 Å². The highest BCUT2D eigenvalue weighted by Crippen LogP contribution is 2.33. The first-order valence-corrected chi connectivity index (χ1v) is 12.4. The van der Waals surface area contributed by atoms with Gasteiger partial charge in [-0.2, -0.15) is 0 Å². The third-order valence-corrected chi connectivity index (χ3v) is 7.82. The fourth-order valence-corrected chi connectivity index (χ4v) is 5.03. The van der Waals surface area contributed by atoms with Gasteiger partial charge in [0.05, 0.1) is 28.3 Å². The van der Waals surface area contributed by atoms with Crippen molar-refractivity contribution in [3.8, 4) is 5.75 Å². The molecule has 33 heavy (non-hydrogen) atoms. The second-order valence-electron chi connectivity index (χ2n) is 7.96. The number of ether oxygens (including phenoxy) is 1. The highest BCUT2D eigenvalue weighted by molar-refractivity contribution is 7.92. The summed E-state index contributed by atoms with van der Waals surface area (Å²) < 4.78 is 32.9. The van der Waals surface area contributed by atoms with Crippen LogP contribution in [0.15, 0.2) is 77.7 Å². The van der Waals surface area contributed by atoms with Crippen molar-refractivity contribution in [2.75, 3.05) is 18.5 Å². The minimum Gasteiger partial charge on any atom is -0.497 e. The largest absolute Gasteiger partial charge is 0.497 e. The third-order valence-electron chi connectivity index (χ3n) is 5.71. The molecule has 0 unspecified atom stereocenters. The van der Waals surface area contributed by atoms with E-state index in [0.717, 1.165) is 18.4 Å². The van der Waals surface area contributed by atoms with Gasteiger partial charge in [-0.25, -0.2) is 8.42 Å². The van der Waals surface area contributed by atoms with Crippen molar-refractivity contribution in [2.45, 2.75) is 30.3 Å². The number of rotatable bonds is 8. The Morgan fingerprint density at radius 2 is 1.70 bits per heavy atom. The molecular formula is C25H25ClN2O4S. The average molecular weight is 485 g/mol. The number of hydrogen-bond donors (Lipinski definition) is 0. The Hall–Kier alpha value is -3.03. The standard InChI is InChI=1S/C25H25ClN2O4S/c1-27(19-10-12-21(32-2)13-11-19)33(30,31)22-14-15-24(26)23(16-22)25(29)28(20-8-9-20)17-18-6-4-3-5-7-18/h3-7,10-16,20H,8-9,17H2,1-2H3. The highest BCUT2D eigenvalue weighted by atomic mass is 35.5. The Bertz CT molecular complexity index is 1240. The van der Waals surface area contributed by atoms with Gasteiger partial charge in [-0.3, -0.25) is 9.10 Å². The lowest BCUT2D eigenvalue weighted by atomic mass is 10.1. The van der Waals surface area contributed by atoms with E-state index in [1.165, 1.54) is 29.6 Å². The van der Waals surface area contributed by atoms with Crippen LogP contribution in [0.5, 0.6) is 5.75 Å². The number of benzene rings is 3. The normalized spacial score (nSPS) is 13.4. The van der Waals surface area contributed by atoms with Crippen LogP contribution in [0.1, 0.15) is 28.8 Å². The molecule has 0 spiro atoms. The zero-order chi connectivity index (χ0) is 23.6. The van der Waals surface area contributed by atoms with Gasteiger partial charge >= 0.3 is 0 Å². The van der Waals surface area contributed by atoms with Crippen molar-refractivity contribution < 1.29 is 17.9 Å². The van der Waals surface area contributed by atoms with Crippen LogP contribution in [-0.4, -0.2) is 39.4 Å². The van der Waals surface area contributed by atoms with Crippen molar-refractivity contribution in [1.29, 1.82) is 0 Å². The minimum absolute atomic E-state index is 0.00373. The molecule has 172 valence electrons. The number of sulfonamides is 1. The van der Waals surface area contributed by atoms with Gasteiger partial charge in [0.25, 0.3) is 15.9 Å². The zero-order valence-corrected chi connectivity index (χ0v) is 20.0. The average Bonchev–Trinajstić information content (AvgIpc) is 3.68. The summed E-state index contributed by atoms with van der Waals surface area (Å²) in [5.74, 6) is 0.359. The van der Waals surface area contributed by atoms with Crippen LogP contribution in [-0.2, 0) is 16.6 Å². The molecule has 4 rings (SSSR count). The molecule has 1 saturated carbocycles. The monoisotopic (exact) mass is 484 g/mol. The molecule has 8 heteroatoms. The Morgan fingerprint density at radius 3 is 2.30 bits per heavy atom. The smallest absolute Gasteiger partial charge is 0.264 e. The molecule has 0 saturated heterocycles. The van der Waals surface area contributed by atoms with E-state index in [1.807, 2.05) is 30.3 Å². The Kier molecular flexibility index (Phi) is 6.63. The quantitative estimate of drug-likeness (QED) is 0.452. The predicted molar refractivity (Wildman–Crippen MR) is 129 cm³/mol. The molecule has 0 atom stereocenters. The van der Waals surface area contributed by atoms with E-state index in [9.17, 15) is 13.2 Å². The molecule has 0 bridgehead atoms. The van der Waals surface area contributed by atoms with E-state index in [0.29, 0.717) is 18.0 Å². The fourth-order valence-electron chi connectivity index (χ4n) is 3.61. The molecule has 0 aromatic heterocycles. The molecule has 1 aliphatic rings. The van der Waals surface area contributed by atoms with Gasteiger partial charge in [-0.05, 0) is 60.9 Å².